The van der Waals surface area contributed by atoms with Crippen LogP contribution in [0.4, 0.5) is 5.13 Å². The molecule has 1 aromatic heterocycles. The Labute approximate surface area is 90.3 Å². The lowest BCUT2D eigenvalue weighted by Gasteiger charge is -2.22. The minimum Gasteiger partial charge on any atom is -0.347 e. The summed E-state index contributed by atoms with van der Waals surface area (Å²) in [5, 5.41) is 9.09. The third-order valence-corrected chi connectivity index (χ3v) is 4.01. The highest BCUT2D eigenvalue weighted by Gasteiger charge is 2.21. The Morgan fingerprint density at radius 3 is 2.62 bits per heavy atom. The van der Waals surface area contributed by atoms with E-state index in [2.05, 4.69) is 38.1 Å². The van der Waals surface area contributed by atoms with E-state index in [1.54, 1.807) is 11.3 Å². The highest BCUT2D eigenvalue weighted by molar-refractivity contribution is 9.11. The fourth-order valence-electron chi connectivity index (χ4n) is 1.79. The van der Waals surface area contributed by atoms with Gasteiger partial charge in [0.1, 0.15) is 0 Å². The Morgan fingerprint density at radius 2 is 2.08 bits per heavy atom. The molecule has 1 fully saturated rings. The van der Waals surface area contributed by atoms with Crippen molar-refractivity contribution in [3.05, 3.63) is 3.92 Å². The van der Waals surface area contributed by atoms with Gasteiger partial charge >= 0.3 is 0 Å². The standard InChI is InChI=1S/C8H12BrN3S/c1-12(6-4-2-3-5-6)8-11-10-7(9)13-8/h6H,2-5H2,1H3. The van der Waals surface area contributed by atoms with Crippen LogP contribution < -0.4 is 4.90 Å². The molecule has 2 rings (SSSR count). The Balaban J connectivity index is 2.07. The molecule has 0 aromatic carbocycles. The molecule has 0 saturated heterocycles. The van der Waals surface area contributed by atoms with Gasteiger partial charge in [0.05, 0.1) is 0 Å². The zero-order valence-electron chi connectivity index (χ0n) is 7.53. The van der Waals surface area contributed by atoms with Crippen molar-refractivity contribution in [3.8, 4) is 0 Å². The van der Waals surface area contributed by atoms with Gasteiger partial charge in [-0.15, -0.1) is 10.2 Å². The van der Waals surface area contributed by atoms with Crippen molar-refractivity contribution in [2.75, 3.05) is 11.9 Å². The molecule has 1 aliphatic rings. The third kappa shape index (κ3) is 2.02. The van der Waals surface area contributed by atoms with Gasteiger partial charge in [-0.1, -0.05) is 24.2 Å². The molecule has 1 aliphatic carbocycles. The summed E-state index contributed by atoms with van der Waals surface area (Å²) in [5.74, 6) is 0. The van der Waals surface area contributed by atoms with Crippen molar-refractivity contribution in [1.29, 1.82) is 0 Å². The number of rotatable bonds is 2. The van der Waals surface area contributed by atoms with Crippen LogP contribution in [0.3, 0.4) is 0 Å². The molecule has 0 radical (unpaired) electrons. The highest BCUT2D eigenvalue weighted by Crippen LogP contribution is 2.30. The van der Waals surface area contributed by atoms with Crippen LogP contribution in [0.2, 0.25) is 0 Å². The van der Waals surface area contributed by atoms with E-state index in [0.29, 0.717) is 6.04 Å². The summed E-state index contributed by atoms with van der Waals surface area (Å²) in [6, 6.07) is 0.680. The molecule has 0 bridgehead atoms. The summed E-state index contributed by atoms with van der Waals surface area (Å²) in [6.07, 6.45) is 5.31. The SMILES string of the molecule is CN(c1nnc(Br)s1)C1CCCC1. The smallest absolute Gasteiger partial charge is 0.209 e. The lowest BCUT2D eigenvalue weighted by Crippen LogP contribution is -2.28. The summed E-state index contributed by atoms with van der Waals surface area (Å²) in [7, 11) is 2.11. The van der Waals surface area contributed by atoms with Crippen LogP contribution in [0.5, 0.6) is 0 Å². The first-order valence-corrected chi connectivity index (χ1v) is 6.10. The molecule has 3 nitrogen and oxygen atoms in total. The maximum Gasteiger partial charge on any atom is 0.209 e. The summed E-state index contributed by atoms with van der Waals surface area (Å²) < 4.78 is 0.868. The molecule has 1 aromatic rings. The predicted molar refractivity (Wildman–Crippen MR) is 58.3 cm³/mol. The number of hydrogen-bond acceptors (Lipinski definition) is 4. The second-order valence-corrected chi connectivity index (χ2v) is 5.62. The fraction of sp³-hybridized carbons (Fsp3) is 0.750. The summed E-state index contributed by atoms with van der Waals surface area (Å²) in [4.78, 5) is 2.26. The molecule has 1 heterocycles. The van der Waals surface area contributed by atoms with Gasteiger partial charge in [0, 0.05) is 13.1 Å². The topological polar surface area (TPSA) is 29.0 Å². The first-order chi connectivity index (χ1) is 6.27. The largest absolute Gasteiger partial charge is 0.347 e. The van der Waals surface area contributed by atoms with E-state index in [4.69, 9.17) is 0 Å². The van der Waals surface area contributed by atoms with Crippen LogP contribution in [0.25, 0.3) is 0 Å². The monoisotopic (exact) mass is 261 g/mol. The van der Waals surface area contributed by atoms with E-state index in [1.165, 1.54) is 25.7 Å². The summed E-state index contributed by atoms with van der Waals surface area (Å²) in [6.45, 7) is 0. The first-order valence-electron chi connectivity index (χ1n) is 4.49. The minimum atomic E-state index is 0.680. The second-order valence-electron chi connectivity index (χ2n) is 3.39. The normalized spacial score (nSPS) is 18.0. The minimum absolute atomic E-state index is 0.680. The quantitative estimate of drug-likeness (QED) is 0.820. The predicted octanol–water partition coefficient (Wildman–Crippen LogP) is 2.68. The molecule has 5 heteroatoms. The van der Waals surface area contributed by atoms with E-state index < -0.39 is 0 Å². The number of hydrogen-bond donors (Lipinski definition) is 0. The lowest BCUT2D eigenvalue weighted by atomic mass is 10.2. The maximum absolute atomic E-state index is 4.11. The summed E-state index contributed by atoms with van der Waals surface area (Å²) in [5.41, 5.74) is 0. The van der Waals surface area contributed by atoms with Gasteiger partial charge in [0.15, 0.2) is 3.92 Å². The Hall–Kier alpha value is -0.160. The maximum atomic E-state index is 4.11. The summed E-state index contributed by atoms with van der Waals surface area (Å²) >= 11 is 4.93. The molecule has 72 valence electrons. The highest BCUT2D eigenvalue weighted by atomic mass is 79.9. The molecule has 1 saturated carbocycles. The molecule has 0 spiro atoms. The first kappa shape index (κ1) is 9.40. The van der Waals surface area contributed by atoms with Gasteiger partial charge in [-0.3, -0.25) is 0 Å². The van der Waals surface area contributed by atoms with Gasteiger partial charge in [0.25, 0.3) is 0 Å². The molecule has 0 atom stereocenters. The van der Waals surface area contributed by atoms with Crippen molar-refractivity contribution in [2.24, 2.45) is 0 Å². The number of anilines is 1. The molecule has 0 amide bonds. The van der Waals surface area contributed by atoms with E-state index in [-0.39, 0.29) is 0 Å². The zero-order valence-corrected chi connectivity index (χ0v) is 9.94. The van der Waals surface area contributed by atoms with Crippen molar-refractivity contribution >= 4 is 32.4 Å². The third-order valence-electron chi connectivity index (χ3n) is 2.56. The Morgan fingerprint density at radius 1 is 1.38 bits per heavy atom. The number of nitrogens with zero attached hydrogens (tertiary/aromatic N) is 3. The van der Waals surface area contributed by atoms with Crippen LogP contribution in [0.1, 0.15) is 25.7 Å². The molecule has 0 aliphatic heterocycles. The van der Waals surface area contributed by atoms with Crippen LogP contribution in [0, 0.1) is 0 Å². The molecular weight excluding hydrogens is 250 g/mol. The van der Waals surface area contributed by atoms with Crippen LogP contribution in [-0.4, -0.2) is 23.3 Å². The van der Waals surface area contributed by atoms with Crippen LogP contribution >= 0.6 is 27.3 Å². The molecule has 13 heavy (non-hydrogen) atoms. The Bertz CT molecular complexity index is 283. The van der Waals surface area contributed by atoms with E-state index in [0.717, 1.165) is 9.05 Å². The molecular formula is C8H12BrN3S. The number of aromatic nitrogens is 2. The zero-order chi connectivity index (χ0) is 9.26. The van der Waals surface area contributed by atoms with Gasteiger partial charge in [-0.05, 0) is 28.8 Å². The van der Waals surface area contributed by atoms with Crippen LogP contribution in [-0.2, 0) is 0 Å². The average molecular weight is 262 g/mol. The fourth-order valence-corrected chi connectivity index (χ4v) is 2.91. The van der Waals surface area contributed by atoms with Crippen molar-refractivity contribution in [3.63, 3.8) is 0 Å². The van der Waals surface area contributed by atoms with Crippen molar-refractivity contribution in [1.82, 2.24) is 10.2 Å². The van der Waals surface area contributed by atoms with Gasteiger partial charge in [-0.2, -0.15) is 0 Å². The van der Waals surface area contributed by atoms with E-state index in [9.17, 15) is 0 Å². The van der Waals surface area contributed by atoms with Gasteiger partial charge in [-0.25, -0.2) is 0 Å². The average Bonchev–Trinajstić information content (AvgIpc) is 2.72. The molecule has 0 N–H and O–H groups in total. The Kier molecular flexibility index (Phi) is 2.83. The van der Waals surface area contributed by atoms with Gasteiger partial charge in [0.2, 0.25) is 5.13 Å². The van der Waals surface area contributed by atoms with E-state index in [1.807, 2.05) is 0 Å². The molecule has 0 unspecified atom stereocenters. The van der Waals surface area contributed by atoms with Crippen molar-refractivity contribution in [2.45, 2.75) is 31.7 Å². The van der Waals surface area contributed by atoms with E-state index >= 15 is 0 Å². The van der Waals surface area contributed by atoms with Crippen LogP contribution in [0.15, 0.2) is 3.92 Å². The number of halogens is 1. The van der Waals surface area contributed by atoms with Crippen molar-refractivity contribution < 1.29 is 0 Å². The van der Waals surface area contributed by atoms with Gasteiger partial charge < -0.3 is 4.90 Å². The second kappa shape index (κ2) is 3.92. The lowest BCUT2D eigenvalue weighted by molar-refractivity contribution is 0.649.